The van der Waals surface area contributed by atoms with Gasteiger partial charge in [0.05, 0.1) is 12.6 Å². The van der Waals surface area contributed by atoms with Gasteiger partial charge in [0.1, 0.15) is 17.2 Å². The topological polar surface area (TPSA) is 73.3 Å². The number of allylic oxidation sites excluding steroid dienone is 2. The molecule has 2 rings (SSSR count). The highest BCUT2D eigenvalue weighted by atomic mass is 16.1. The molecule has 0 aliphatic heterocycles. The highest BCUT2D eigenvalue weighted by Gasteiger charge is 2.11. The number of fused-ring (bicyclic) bond motifs is 1. The van der Waals surface area contributed by atoms with Gasteiger partial charge >= 0.3 is 0 Å². The van der Waals surface area contributed by atoms with Crippen molar-refractivity contribution in [2.45, 2.75) is 20.3 Å². The number of nitrogens with zero attached hydrogens (tertiary/aromatic N) is 3. The maximum atomic E-state index is 11.8. The molecule has 17 heavy (non-hydrogen) atoms. The van der Waals surface area contributed by atoms with Crippen LogP contribution >= 0.6 is 0 Å². The molecule has 0 unspecified atom stereocenters. The highest BCUT2D eigenvalue weighted by molar-refractivity contribution is 5.95. The predicted octanol–water partition coefficient (Wildman–Crippen LogP) is 1.39. The number of aromatic nitrogens is 3. The molecule has 0 saturated carbocycles. The van der Waals surface area contributed by atoms with Gasteiger partial charge in [-0.2, -0.15) is 0 Å². The van der Waals surface area contributed by atoms with E-state index < -0.39 is 0 Å². The van der Waals surface area contributed by atoms with Gasteiger partial charge < -0.3 is 5.73 Å². The second-order valence-electron chi connectivity index (χ2n) is 3.81. The number of Topliss-reactive ketones (excluding diaryl/α,β-unsaturated/α-hetero) is 1. The largest absolute Gasteiger partial charge is 0.382 e. The molecule has 0 atom stereocenters. The third-order valence-corrected chi connectivity index (χ3v) is 2.76. The fraction of sp³-hybridized carbons (Fsp3) is 0.250. The Morgan fingerprint density at radius 2 is 2.29 bits per heavy atom. The van der Waals surface area contributed by atoms with Crippen LogP contribution in [0.15, 0.2) is 30.2 Å². The summed E-state index contributed by atoms with van der Waals surface area (Å²) in [4.78, 5) is 20.0. The zero-order valence-electron chi connectivity index (χ0n) is 9.84. The molecule has 0 aliphatic carbocycles. The van der Waals surface area contributed by atoms with Crippen molar-refractivity contribution in [1.29, 1.82) is 0 Å². The normalized spacial score (nSPS) is 12.0. The molecule has 0 radical (unpaired) electrons. The molecule has 0 amide bonds. The van der Waals surface area contributed by atoms with Crippen LogP contribution in [0.3, 0.4) is 0 Å². The average molecular weight is 230 g/mol. The van der Waals surface area contributed by atoms with Gasteiger partial charge in [0.15, 0.2) is 5.78 Å². The van der Waals surface area contributed by atoms with Crippen LogP contribution in [0.5, 0.6) is 0 Å². The lowest BCUT2D eigenvalue weighted by atomic mass is 10.1. The van der Waals surface area contributed by atoms with Crippen molar-refractivity contribution < 1.29 is 4.79 Å². The quantitative estimate of drug-likeness (QED) is 0.808. The Balaban J connectivity index is 2.38. The van der Waals surface area contributed by atoms with Crippen molar-refractivity contribution >= 4 is 17.1 Å². The number of hydrogen-bond acceptors (Lipinski definition) is 4. The lowest BCUT2D eigenvalue weighted by molar-refractivity contribution is -0.115. The Labute approximate surface area is 99.0 Å². The first-order valence-corrected chi connectivity index (χ1v) is 5.36. The van der Waals surface area contributed by atoms with E-state index in [1.54, 1.807) is 36.0 Å². The number of anilines is 1. The van der Waals surface area contributed by atoms with E-state index in [2.05, 4.69) is 9.97 Å². The Morgan fingerprint density at radius 3 is 3.00 bits per heavy atom. The average Bonchev–Trinajstić information content (AvgIpc) is 2.73. The smallest absolute Gasteiger partial charge is 0.165 e. The van der Waals surface area contributed by atoms with Gasteiger partial charge in [-0.1, -0.05) is 6.08 Å². The summed E-state index contributed by atoms with van der Waals surface area (Å²) in [5, 5.41) is 0. The molecule has 5 heteroatoms. The van der Waals surface area contributed by atoms with E-state index >= 15 is 0 Å². The molecule has 0 aromatic carbocycles. The molecule has 2 aromatic rings. The Bertz CT molecular complexity index is 598. The van der Waals surface area contributed by atoms with Gasteiger partial charge in [0, 0.05) is 12.4 Å². The van der Waals surface area contributed by atoms with E-state index in [9.17, 15) is 4.79 Å². The molecule has 2 heterocycles. The van der Waals surface area contributed by atoms with Gasteiger partial charge in [-0.3, -0.25) is 9.20 Å². The lowest BCUT2D eigenvalue weighted by Crippen LogP contribution is -2.08. The standard InChI is InChI=1S/C12H14N4O/c1-3-8(2)10(17)6-11-15-7-9-12(13)14-4-5-16(9)11/h3-5,7H,6H2,1-2H3,(H2,13,14)/b8-3+. The monoisotopic (exact) mass is 230 g/mol. The molecule has 0 saturated heterocycles. The molecule has 0 spiro atoms. The van der Waals surface area contributed by atoms with Crippen molar-refractivity contribution in [3.8, 4) is 0 Å². The number of imidazole rings is 1. The van der Waals surface area contributed by atoms with E-state index in [0.717, 1.165) is 11.1 Å². The summed E-state index contributed by atoms with van der Waals surface area (Å²) < 4.78 is 1.79. The summed E-state index contributed by atoms with van der Waals surface area (Å²) in [5.74, 6) is 1.16. The number of carbonyl (C=O) groups excluding carboxylic acids is 1. The molecular weight excluding hydrogens is 216 g/mol. The summed E-state index contributed by atoms with van der Waals surface area (Å²) in [6, 6.07) is 0. The van der Waals surface area contributed by atoms with E-state index in [0.29, 0.717) is 11.6 Å². The van der Waals surface area contributed by atoms with Gasteiger partial charge in [-0.05, 0) is 19.4 Å². The van der Waals surface area contributed by atoms with Gasteiger partial charge in [-0.25, -0.2) is 9.97 Å². The second-order valence-corrected chi connectivity index (χ2v) is 3.81. The van der Waals surface area contributed by atoms with Gasteiger partial charge in [0.25, 0.3) is 0 Å². The first-order chi connectivity index (χ1) is 8.13. The first kappa shape index (κ1) is 11.3. The predicted molar refractivity (Wildman–Crippen MR) is 65.5 cm³/mol. The minimum Gasteiger partial charge on any atom is -0.382 e. The first-order valence-electron chi connectivity index (χ1n) is 5.36. The number of nitrogens with two attached hydrogens (primary N) is 1. The van der Waals surface area contributed by atoms with Crippen LogP contribution in [0.4, 0.5) is 5.82 Å². The third kappa shape index (κ3) is 2.04. The SMILES string of the molecule is C/C=C(\C)C(=O)Cc1ncc2c(N)nccn12. The Kier molecular flexibility index (Phi) is 2.91. The number of rotatable bonds is 3. The second kappa shape index (κ2) is 4.37. The van der Waals surface area contributed by atoms with Crippen molar-refractivity contribution in [2.75, 3.05) is 5.73 Å². The Morgan fingerprint density at radius 1 is 1.53 bits per heavy atom. The summed E-state index contributed by atoms with van der Waals surface area (Å²) in [6.45, 7) is 3.65. The van der Waals surface area contributed by atoms with E-state index in [4.69, 9.17) is 5.73 Å². The van der Waals surface area contributed by atoms with E-state index in [1.165, 1.54) is 0 Å². The van der Waals surface area contributed by atoms with Crippen LogP contribution in [0.2, 0.25) is 0 Å². The van der Waals surface area contributed by atoms with Crippen LogP contribution in [-0.2, 0) is 11.2 Å². The molecule has 2 N–H and O–H groups in total. The minimum absolute atomic E-state index is 0.0652. The van der Waals surface area contributed by atoms with Crippen molar-refractivity contribution in [2.24, 2.45) is 0 Å². The van der Waals surface area contributed by atoms with Gasteiger partial charge in [-0.15, -0.1) is 0 Å². The molecule has 0 fully saturated rings. The van der Waals surface area contributed by atoms with Crippen molar-refractivity contribution in [1.82, 2.24) is 14.4 Å². The van der Waals surface area contributed by atoms with E-state index in [1.807, 2.05) is 6.92 Å². The van der Waals surface area contributed by atoms with Crippen LogP contribution in [-0.4, -0.2) is 20.2 Å². The molecular formula is C12H14N4O. The van der Waals surface area contributed by atoms with Crippen LogP contribution in [0, 0.1) is 0 Å². The zero-order chi connectivity index (χ0) is 12.4. The number of nitrogen functional groups attached to an aromatic ring is 1. The third-order valence-electron chi connectivity index (χ3n) is 2.76. The van der Waals surface area contributed by atoms with Crippen molar-refractivity contribution in [3.05, 3.63) is 36.1 Å². The fourth-order valence-corrected chi connectivity index (χ4v) is 1.58. The molecule has 0 bridgehead atoms. The maximum Gasteiger partial charge on any atom is 0.165 e. The molecule has 5 nitrogen and oxygen atoms in total. The fourth-order valence-electron chi connectivity index (χ4n) is 1.58. The Hall–Kier alpha value is -2.17. The van der Waals surface area contributed by atoms with Crippen LogP contribution in [0.1, 0.15) is 19.7 Å². The minimum atomic E-state index is 0.0652. The number of carbonyl (C=O) groups is 1. The summed E-state index contributed by atoms with van der Waals surface area (Å²) in [5.41, 5.74) is 7.19. The summed E-state index contributed by atoms with van der Waals surface area (Å²) in [6.07, 6.45) is 7.06. The number of ketones is 1. The highest BCUT2D eigenvalue weighted by Crippen LogP contribution is 2.13. The zero-order valence-corrected chi connectivity index (χ0v) is 9.84. The van der Waals surface area contributed by atoms with Gasteiger partial charge in [0.2, 0.25) is 0 Å². The summed E-state index contributed by atoms with van der Waals surface area (Å²) >= 11 is 0. The lowest BCUT2D eigenvalue weighted by Gasteiger charge is -2.02. The number of hydrogen-bond donors (Lipinski definition) is 1. The molecule has 88 valence electrons. The van der Waals surface area contributed by atoms with E-state index in [-0.39, 0.29) is 12.2 Å². The van der Waals surface area contributed by atoms with Crippen molar-refractivity contribution in [3.63, 3.8) is 0 Å². The van der Waals surface area contributed by atoms with Crippen LogP contribution < -0.4 is 5.73 Å². The van der Waals surface area contributed by atoms with Crippen LogP contribution in [0.25, 0.3) is 5.52 Å². The summed E-state index contributed by atoms with van der Waals surface area (Å²) in [7, 11) is 0. The maximum absolute atomic E-state index is 11.8. The molecule has 2 aromatic heterocycles. The molecule has 0 aliphatic rings.